The normalized spacial score (nSPS) is 11.7. The number of anilines is 2. The predicted molar refractivity (Wildman–Crippen MR) is 138 cm³/mol. The molecule has 2 amide bonds. The summed E-state index contributed by atoms with van der Waals surface area (Å²) < 4.78 is 13.4. The first kappa shape index (κ1) is 23.8. The molecule has 2 N–H and O–H groups in total. The number of rotatable bonds is 7. The molecule has 0 saturated carbocycles. The van der Waals surface area contributed by atoms with Crippen molar-refractivity contribution in [3.63, 3.8) is 0 Å². The molecule has 0 aliphatic rings. The van der Waals surface area contributed by atoms with Crippen molar-refractivity contribution < 1.29 is 14.0 Å². The third kappa shape index (κ3) is 5.76. The number of amides is 2. The second kappa shape index (κ2) is 10.7. The molecule has 4 aromatic carbocycles. The fraction of sp³-hybridized carbons (Fsp3) is 0.111. The highest BCUT2D eigenvalue weighted by atomic mass is 35.5. The first-order chi connectivity index (χ1) is 16.4. The van der Waals surface area contributed by atoms with Crippen LogP contribution in [0.5, 0.6) is 0 Å². The van der Waals surface area contributed by atoms with Crippen LogP contribution in [0.1, 0.15) is 23.7 Å². The highest BCUT2D eigenvalue weighted by Crippen LogP contribution is 2.29. The first-order valence-corrected chi connectivity index (χ1v) is 12.0. The van der Waals surface area contributed by atoms with Crippen molar-refractivity contribution in [3.8, 4) is 0 Å². The third-order valence-corrected chi connectivity index (χ3v) is 6.88. The molecular formula is C27H22ClFN2O2S. The highest BCUT2D eigenvalue weighted by molar-refractivity contribution is 8.00. The van der Waals surface area contributed by atoms with Gasteiger partial charge in [0.15, 0.2) is 0 Å². The summed E-state index contributed by atoms with van der Waals surface area (Å²) in [6.07, 6.45) is 0.582. The standard InChI is InChI=1S/C27H22ClFN2O2S/c1-2-25(27(33)31-21-12-13-24(29)23(28)16-21)34-22-9-5-8-20(15-22)30-26(32)19-11-10-17-6-3-4-7-18(17)14-19/h3-16,25H,2H2,1H3,(H,30,32)(H,31,33). The van der Waals surface area contributed by atoms with Gasteiger partial charge in [-0.15, -0.1) is 11.8 Å². The largest absolute Gasteiger partial charge is 0.325 e. The van der Waals surface area contributed by atoms with Gasteiger partial charge < -0.3 is 10.6 Å². The maximum Gasteiger partial charge on any atom is 0.255 e. The molecule has 0 aromatic heterocycles. The first-order valence-electron chi connectivity index (χ1n) is 10.8. The second-order valence-corrected chi connectivity index (χ2v) is 9.36. The Bertz CT molecular complexity index is 1360. The number of nitrogens with one attached hydrogen (secondary N) is 2. The van der Waals surface area contributed by atoms with Gasteiger partial charge in [0.2, 0.25) is 5.91 Å². The zero-order valence-corrected chi connectivity index (χ0v) is 19.9. The van der Waals surface area contributed by atoms with Gasteiger partial charge >= 0.3 is 0 Å². The molecule has 172 valence electrons. The van der Waals surface area contributed by atoms with Crippen LogP contribution in [0.15, 0.2) is 89.8 Å². The van der Waals surface area contributed by atoms with Crippen LogP contribution in [0.3, 0.4) is 0 Å². The number of benzene rings is 4. The number of thioether (sulfide) groups is 1. The maximum absolute atomic E-state index is 13.4. The number of carbonyl (C=O) groups excluding carboxylic acids is 2. The van der Waals surface area contributed by atoms with Crippen molar-refractivity contribution in [1.82, 2.24) is 0 Å². The van der Waals surface area contributed by atoms with Crippen LogP contribution in [-0.2, 0) is 4.79 Å². The molecular weight excluding hydrogens is 471 g/mol. The van der Waals surface area contributed by atoms with Gasteiger partial charge in [-0.3, -0.25) is 9.59 Å². The minimum absolute atomic E-state index is 0.0478. The number of hydrogen-bond acceptors (Lipinski definition) is 3. The van der Waals surface area contributed by atoms with Gasteiger partial charge in [-0.05, 0) is 65.7 Å². The Hall–Kier alpha value is -3.35. The zero-order chi connectivity index (χ0) is 24.1. The van der Waals surface area contributed by atoms with E-state index >= 15 is 0 Å². The van der Waals surface area contributed by atoms with E-state index in [4.69, 9.17) is 11.6 Å². The third-order valence-electron chi connectivity index (χ3n) is 5.23. The summed E-state index contributed by atoms with van der Waals surface area (Å²) in [6.45, 7) is 1.92. The number of carbonyl (C=O) groups is 2. The molecule has 34 heavy (non-hydrogen) atoms. The Morgan fingerprint density at radius 1 is 0.882 bits per heavy atom. The van der Waals surface area contributed by atoms with Crippen molar-refractivity contribution in [2.24, 2.45) is 0 Å². The predicted octanol–water partition coefficient (Wildman–Crippen LogP) is 7.39. The van der Waals surface area contributed by atoms with Crippen molar-refractivity contribution in [2.75, 3.05) is 10.6 Å². The van der Waals surface area contributed by atoms with Gasteiger partial charge in [0.05, 0.1) is 10.3 Å². The summed E-state index contributed by atoms with van der Waals surface area (Å²) in [5.74, 6) is -0.949. The fourth-order valence-electron chi connectivity index (χ4n) is 3.46. The summed E-state index contributed by atoms with van der Waals surface area (Å²) in [5.41, 5.74) is 1.65. The van der Waals surface area contributed by atoms with Gasteiger partial charge in [0.25, 0.3) is 5.91 Å². The lowest BCUT2D eigenvalue weighted by atomic mass is 10.1. The molecule has 0 heterocycles. The van der Waals surface area contributed by atoms with Crippen LogP contribution in [0, 0.1) is 5.82 Å². The van der Waals surface area contributed by atoms with Crippen molar-refractivity contribution in [2.45, 2.75) is 23.5 Å². The average Bonchev–Trinajstić information content (AvgIpc) is 2.84. The van der Waals surface area contributed by atoms with Gasteiger partial charge in [-0.1, -0.05) is 54.9 Å². The number of fused-ring (bicyclic) bond motifs is 1. The molecule has 4 rings (SSSR count). The molecule has 4 nitrogen and oxygen atoms in total. The topological polar surface area (TPSA) is 58.2 Å². The van der Waals surface area contributed by atoms with E-state index < -0.39 is 5.82 Å². The van der Waals surface area contributed by atoms with Gasteiger partial charge in [-0.25, -0.2) is 4.39 Å². The van der Waals surface area contributed by atoms with E-state index in [1.165, 1.54) is 30.0 Å². The average molecular weight is 493 g/mol. The number of halogens is 2. The summed E-state index contributed by atoms with van der Waals surface area (Å²) in [6, 6.07) is 24.9. The molecule has 1 atom stereocenters. The Morgan fingerprint density at radius 2 is 1.65 bits per heavy atom. The zero-order valence-electron chi connectivity index (χ0n) is 18.3. The van der Waals surface area contributed by atoms with Gasteiger partial charge in [-0.2, -0.15) is 0 Å². The molecule has 0 fully saturated rings. The van der Waals surface area contributed by atoms with Crippen LogP contribution < -0.4 is 10.6 Å². The molecule has 0 radical (unpaired) electrons. The van der Waals surface area contributed by atoms with Crippen LogP contribution in [0.25, 0.3) is 10.8 Å². The Morgan fingerprint density at radius 3 is 2.41 bits per heavy atom. The molecule has 0 bridgehead atoms. The Kier molecular flexibility index (Phi) is 7.50. The SMILES string of the molecule is CCC(Sc1cccc(NC(=O)c2ccc3ccccc3c2)c1)C(=O)Nc1ccc(F)c(Cl)c1. The van der Waals surface area contributed by atoms with Gasteiger partial charge in [0.1, 0.15) is 5.82 Å². The van der Waals surface area contributed by atoms with Crippen LogP contribution in [-0.4, -0.2) is 17.1 Å². The number of hydrogen-bond donors (Lipinski definition) is 2. The second-order valence-electron chi connectivity index (χ2n) is 7.68. The smallest absolute Gasteiger partial charge is 0.255 e. The molecule has 0 aliphatic carbocycles. The minimum Gasteiger partial charge on any atom is -0.325 e. The van der Waals surface area contributed by atoms with Crippen LogP contribution >= 0.6 is 23.4 Å². The summed E-state index contributed by atoms with van der Waals surface area (Å²) >= 11 is 7.20. The summed E-state index contributed by atoms with van der Waals surface area (Å²) in [4.78, 5) is 26.4. The molecule has 7 heteroatoms. The molecule has 0 spiro atoms. The lowest BCUT2D eigenvalue weighted by Gasteiger charge is -2.16. The molecule has 0 aliphatic heterocycles. The van der Waals surface area contributed by atoms with Crippen LogP contribution in [0.2, 0.25) is 5.02 Å². The maximum atomic E-state index is 13.4. The Labute approximate surface area is 206 Å². The molecule has 0 saturated heterocycles. The monoisotopic (exact) mass is 492 g/mol. The fourth-order valence-corrected chi connectivity index (χ4v) is 4.66. The summed E-state index contributed by atoms with van der Waals surface area (Å²) in [5, 5.41) is 7.36. The minimum atomic E-state index is -0.538. The van der Waals surface area contributed by atoms with Crippen molar-refractivity contribution in [3.05, 3.63) is 101 Å². The van der Waals surface area contributed by atoms with E-state index in [1.54, 1.807) is 6.07 Å². The van der Waals surface area contributed by atoms with Crippen molar-refractivity contribution in [1.29, 1.82) is 0 Å². The van der Waals surface area contributed by atoms with E-state index in [-0.39, 0.29) is 22.1 Å². The lowest BCUT2D eigenvalue weighted by Crippen LogP contribution is -2.24. The van der Waals surface area contributed by atoms with E-state index in [2.05, 4.69) is 10.6 Å². The van der Waals surface area contributed by atoms with Crippen LogP contribution in [0.4, 0.5) is 15.8 Å². The van der Waals surface area contributed by atoms with E-state index in [0.717, 1.165) is 15.7 Å². The summed E-state index contributed by atoms with van der Waals surface area (Å²) in [7, 11) is 0. The molecule has 1 unspecified atom stereocenters. The van der Waals surface area contributed by atoms with E-state index in [1.807, 2.05) is 67.6 Å². The highest BCUT2D eigenvalue weighted by Gasteiger charge is 2.19. The van der Waals surface area contributed by atoms with E-state index in [9.17, 15) is 14.0 Å². The quantitative estimate of drug-likeness (QED) is 0.264. The molecule has 4 aromatic rings. The lowest BCUT2D eigenvalue weighted by molar-refractivity contribution is -0.115. The van der Waals surface area contributed by atoms with Gasteiger partial charge in [0, 0.05) is 21.8 Å². The van der Waals surface area contributed by atoms with Crippen molar-refractivity contribution >= 4 is 57.3 Å². The Balaban J connectivity index is 1.43. The van der Waals surface area contributed by atoms with E-state index in [0.29, 0.717) is 23.4 Å².